The standard InChI is InChI=1S/C9H8N2O2S2/c1-5-10-6(3-14-5)7-4-15-8(11-7)2-9(12)13/h3-4H,2H2,1H3,(H,12,13). The molecule has 0 saturated heterocycles. The maximum Gasteiger partial charge on any atom is 0.310 e. The molecule has 0 unspecified atom stereocenters. The largest absolute Gasteiger partial charge is 0.481 e. The molecule has 0 amide bonds. The molecule has 0 aliphatic rings. The zero-order valence-electron chi connectivity index (χ0n) is 7.93. The molecule has 2 aromatic heterocycles. The second-order valence-corrected chi connectivity index (χ2v) is 4.95. The Kier molecular flexibility index (Phi) is 2.79. The summed E-state index contributed by atoms with van der Waals surface area (Å²) in [5.74, 6) is -0.856. The maximum absolute atomic E-state index is 10.5. The zero-order chi connectivity index (χ0) is 10.8. The van der Waals surface area contributed by atoms with E-state index < -0.39 is 5.97 Å². The van der Waals surface area contributed by atoms with Crippen LogP contribution in [0.5, 0.6) is 0 Å². The summed E-state index contributed by atoms with van der Waals surface area (Å²) >= 11 is 2.91. The topological polar surface area (TPSA) is 63.1 Å². The van der Waals surface area contributed by atoms with E-state index in [-0.39, 0.29) is 6.42 Å². The van der Waals surface area contributed by atoms with Crippen molar-refractivity contribution < 1.29 is 9.90 Å². The minimum atomic E-state index is -0.856. The summed E-state index contributed by atoms with van der Waals surface area (Å²) in [7, 11) is 0. The van der Waals surface area contributed by atoms with E-state index in [2.05, 4.69) is 9.97 Å². The van der Waals surface area contributed by atoms with Crippen LogP contribution in [0.15, 0.2) is 10.8 Å². The maximum atomic E-state index is 10.5. The number of nitrogens with zero attached hydrogens (tertiary/aromatic N) is 2. The Morgan fingerprint density at radius 3 is 2.60 bits per heavy atom. The Morgan fingerprint density at radius 2 is 2.00 bits per heavy atom. The van der Waals surface area contributed by atoms with Crippen molar-refractivity contribution in [2.75, 3.05) is 0 Å². The van der Waals surface area contributed by atoms with Gasteiger partial charge >= 0.3 is 5.97 Å². The number of carboxylic acids is 1. The summed E-state index contributed by atoms with van der Waals surface area (Å²) < 4.78 is 0. The van der Waals surface area contributed by atoms with E-state index in [1.165, 1.54) is 11.3 Å². The quantitative estimate of drug-likeness (QED) is 0.893. The van der Waals surface area contributed by atoms with Crippen LogP contribution in [0.2, 0.25) is 0 Å². The van der Waals surface area contributed by atoms with Crippen LogP contribution in [-0.4, -0.2) is 21.0 Å². The van der Waals surface area contributed by atoms with Gasteiger partial charge < -0.3 is 5.11 Å². The Morgan fingerprint density at radius 1 is 1.33 bits per heavy atom. The lowest BCUT2D eigenvalue weighted by atomic mass is 10.4. The van der Waals surface area contributed by atoms with Gasteiger partial charge in [0.15, 0.2) is 0 Å². The van der Waals surface area contributed by atoms with Gasteiger partial charge in [0.25, 0.3) is 0 Å². The van der Waals surface area contributed by atoms with Crippen molar-refractivity contribution in [1.82, 2.24) is 9.97 Å². The molecule has 2 heterocycles. The molecular weight excluding hydrogens is 232 g/mol. The normalized spacial score (nSPS) is 10.5. The second kappa shape index (κ2) is 4.08. The van der Waals surface area contributed by atoms with Gasteiger partial charge in [-0.3, -0.25) is 4.79 Å². The lowest BCUT2D eigenvalue weighted by Crippen LogP contribution is -1.99. The molecule has 78 valence electrons. The fourth-order valence-electron chi connectivity index (χ4n) is 1.12. The Labute approximate surface area is 94.3 Å². The molecule has 0 radical (unpaired) electrons. The fourth-order valence-corrected chi connectivity index (χ4v) is 2.51. The summed E-state index contributed by atoms with van der Waals surface area (Å²) in [5.41, 5.74) is 1.59. The lowest BCUT2D eigenvalue weighted by Gasteiger charge is -1.88. The predicted molar refractivity (Wildman–Crippen MR) is 59.3 cm³/mol. The molecule has 6 heteroatoms. The number of aromatic nitrogens is 2. The van der Waals surface area contributed by atoms with Gasteiger partial charge in [-0.2, -0.15) is 0 Å². The van der Waals surface area contributed by atoms with Crippen molar-refractivity contribution >= 4 is 28.6 Å². The number of aryl methyl sites for hydroxylation is 1. The molecule has 0 saturated carbocycles. The highest BCUT2D eigenvalue weighted by Crippen LogP contribution is 2.23. The van der Waals surface area contributed by atoms with Crippen LogP contribution in [0.1, 0.15) is 10.0 Å². The smallest absolute Gasteiger partial charge is 0.310 e. The molecule has 0 atom stereocenters. The first-order valence-corrected chi connectivity index (χ1v) is 6.00. The summed E-state index contributed by atoms with van der Waals surface area (Å²) in [6.45, 7) is 1.93. The van der Waals surface area contributed by atoms with Crippen LogP contribution in [0.3, 0.4) is 0 Å². The minimum absolute atomic E-state index is 0.0201. The van der Waals surface area contributed by atoms with E-state index >= 15 is 0 Å². The van der Waals surface area contributed by atoms with Gasteiger partial charge in [0.05, 0.1) is 11.4 Å². The molecule has 0 aliphatic heterocycles. The summed E-state index contributed by atoms with van der Waals surface area (Å²) in [5, 5.41) is 14.0. The van der Waals surface area contributed by atoms with E-state index in [0.29, 0.717) is 5.01 Å². The molecule has 0 bridgehead atoms. The Hall–Kier alpha value is -1.27. The van der Waals surface area contributed by atoms with Crippen molar-refractivity contribution in [2.24, 2.45) is 0 Å². The van der Waals surface area contributed by atoms with Gasteiger partial charge in [-0.05, 0) is 6.92 Å². The molecule has 4 nitrogen and oxygen atoms in total. The Bertz CT molecular complexity index is 490. The number of hydrogen-bond donors (Lipinski definition) is 1. The summed E-state index contributed by atoms with van der Waals surface area (Å²) in [4.78, 5) is 19.0. The highest BCUT2D eigenvalue weighted by Gasteiger charge is 2.09. The first-order valence-electron chi connectivity index (χ1n) is 4.24. The fraction of sp³-hybridized carbons (Fsp3) is 0.222. The molecule has 0 spiro atoms. The number of hydrogen-bond acceptors (Lipinski definition) is 5. The third kappa shape index (κ3) is 2.40. The van der Waals surface area contributed by atoms with Crippen molar-refractivity contribution in [3.63, 3.8) is 0 Å². The Balaban J connectivity index is 2.23. The van der Waals surface area contributed by atoms with E-state index in [1.807, 2.05) is 17.7 Å². The van der Waals surface area contributed by atoms with E-state index in [0.717, 1.165) is 16.4 Å². The van der Waals surface area contributed by atoms with Gasteiger partial charge in [0.1, 0.15) is 16.4 Å². The average molecular weight is 240 g/mol. The van der Waals surface area contributed by atoms with Gasteiger partial charge in [0.2, 0.25) is 0 Å². The number of rotatable bonds is 3. The zero-order valence-corrected chi connectivity index (χ0v) is 9.56. The highest BCUT2D eigenvalue weighted by molar-refractivity contribution is 7.10. The van der Waals surface area contributed by atoms with Crippen LogP contribution < -0.4 is 0 Å². The van der Waals surface area contributed by atoms with E-state index in [9.17, 15) is 4.79 Å². The van der Waals surface area contributed by atoms with Crippen LogP contribution in [0.25, 0.3) is 11.4 Å². The van der Waals surface area contributed by atoms with Crippen LogP contribution in [0.4, 0.5) is 0 Å². The molecule has 0 fully saturated rings. The van der Waals surface area contributed by atoms with Gasteiger partial charge in [-0.1, -0.05) is 0 Å². The first kappa shape index (κ1) is 10.3. The van der Waals surface area contributed by atoms with Crippen molar-refractivity contribution in [1.29, 1.82) is 0 Å². The number of thiazole rings is 2. The molecule has 2 aromatic rings. The number of aliphatic carboxylic acids is 1. The number of carboxylic acid groups (broad SMARTS) is 1. The molecule has 1 N–H and O–H groups in total. The van der Waals surface area contributed by atoms with Crippen molar-refractivity contribution in [3.8, 4) is 11.4 Å². The van der Waals surface area contributed by atoms with E-state index in [1.54, 1.807) is 11.3 Å². The predicted octanol–water partition coefficient (Wildman–Crippen LogP) is 2.20. The van der Waals surface area contributed by atoms with Crippen molar-refractivity contribution in [2.45, 2.75) is 13.3 Å². The lowest BCUT2D eigenvalue weighted by molar-refractivity contribution is -0.136. The number of carbonyl (C=O) groups is 1. The highest BCUT2D eigenvalue weighted by atomic mass is 32.1. The third-order valence-electron chi connectivity index (χ3n) is 1.74. The summed E-state index contributed by atoms with van der Waals surface area (Å²) in [6, 6.07) is 0. The van der Waals surface area contributed by atoms with Crippen LogP contribution >= 0.6 is 22.7 Å². The molecule has 2 rings (SSSR count). The second-order valence-electron chi connectivity index (χ2n) is 2.95. The third-order valence-corrected chi connectivity index (χ3v) is 3.36. The monoisotopic (exact) mass is 240 g/mol. The van der Waals surface area contributed by atoms with Crippen LogP contribution in [-0.2, 0) is 11.2 Å². The minimum Gasteiger partial charge on any atom is -0.481 e. The molecule has 15 heavy (non-hydrogen) atoms. The SMILES string of the molecule is Cc1nc(-c2csc(CC(=O)O)n2)cs1. The molecular formula is C9H8N2O2S2. The van der Waals surface area contributed by atoms with Gasteiger partial charge in [-0.15, -0.1) is 22.7 Å². The van der Waals surface area contributed by atoms with Gasteiger partial charge in [-0.25, -0.2) is 9.97 Å². The van der Waals surface area contributed by atoms with E-state index in [4.69, 9.17) is 5.11 Å². The molecule has 0 aliphatic carbocycles. The summed E-state index contributed by atoms with van der Waals surface area (Å²) in [6.07, 6.45) is -0.0201. The van der Waals surface area contributed by atoms with Crippen molar-refractivity contribution in [3.05, 3.63) is 20.8 Å². The molecule has 0 aromatic carbocycles. The average Bonchev–Trinajstić information content (AvgIpc) is 2.72. The first-order chi connectivity index (χ1) is 7.15. The van der Waals surface area contributed by atoms with Gasteiger partial charge in [0, 0.05) is 10.8 Å². The van der Waals surface area contributed by atoms with Crippen LogP contribution in [0, 0.1) is 6.92 Å².